The summed E-state index contributed by atoms with van der Waals surface area (Å²) in [4.78, 5) is 19.0. The minimum Gasteiger partial charge on any atom is -0.342 e. The van der Waals surface area contributed by atoms with E-state index in [1.165, 1.54) is 0 Å². The molecule has 1 aromatic heterocycles. The van der Waals surface area contributed by atoms with Gasteiger partial charge in [0.05, 0.1) is 0 Å². The largest absolute Gasteiger partial charge is 0.342 e. The summed E-state index contributed by atoms with van der Waals surface area (Å²) in [5, 5.41) is 7.86. The summed E-state index contributed by atoms with van der Waals surface area (Å²) in [5.41, 5.74) is 2.15. The van der Waals surface area contributed by atoms with Gasteiger partial charge in [0.15, 0.2) is 0 Å². The molecule has 0 N–H and O–H groups in total. The van der Waals surface area contributed by atoms with Gasteiger partial charge in [0.25, 0.3) is 0 Å². The van der Waals surface area contributed by atoms with Crippen molar-refractivity contribution in [2.45, 2.75) is 45.6 Å². The topological polar surface area (TPSA) is 65.7 Å². The van der Waals surface area contributed by atoms with Crippen LogP contribution in [0.2, 0.25) is 0 Å². The number of aryl methyl sites for hydroxylation is 1. The molecular formula is C18H31N5O2. The molecule has 3 heterocycles. The standard InChI is InChI=1S/C18H31N5O2/c1-15-16(20-25-19-15)13-22-11-7-18(8-12-22)6-5-17(24)23(14-18)10-4-9-21(2)3/h4-14H2,1-3H3. The lowest BCUT2D eigenvalue weighted by Gasteiger charge is -2.47. The Balaban J connectivity index is 1.51. The van der Waals surface area contributed by atoms with Crippen LogP contribution in [-0.2, 0) is 11.3 Å². The van der Waals surface area contributed by atoms with E-state index in [0.717, 1.165) is 76.3 Å². The first kappa shape index (κ1) is 18.3. The van der Waals surface area contributed by atoms with Crippen LogP contribution in [0.15, 0.2) is 4.63 Å². The Labute approximate surface area is 150 Å². The highest BCUT2D eigenvalue weighted by Gasteiger charge is 2.40. The van der Waals surface area contributed by atoms with E-state index >= 15 is 0 Å². The highest BCUT2D eigenvalue weighted by molar-refractivity contribution is 5.77. The van der Waals surface area contributed by atoms with Gasteiger partial charge < -0.3 is 9.80 Å². The lowest BCUT2D eigenvalue weighted by molar-refractivity contribution is -0.139. The molecule has 1 amide bonds. The number of amides is 1. The number of rotatable bonds is 6. The fourth-order valence-electron chi connectivity index (χ4n) is 4.08. The van der Waals surface area contributed by atoms with Gasteiger partial charge in [-0.3, -0.25) is 9.69 Å². The van der Waals surface area contributed by atoms with Crippen LogP contribution in [0.1, 0.15) is 43.5 Å². The molecule has 0 unspecified atom stereocenters. The maximum atomic E-state index is 12.3. The number of carbonyl (C=O) groups excluding carboxylic acids is 1. The molecule has 0 aliphatic carbocycles. The van der Waals surface area contributed by atoms with Gasteiger partial charge in [-0.2, -0.15) is 0 Å². The van der Waals surface area contributed by atoms with Crippen LogP contribution < -0.4 is 0 Å². The van der Waals surface area contributed by atoms with Gasteiger partial charge in [-0.15, -0.1) is 0 Å². The van der Waals surface area contributed by atoms with Gasteiger partial charge in [0, 0.05) is 26.1 Å². The van der Waals surface area contributed by atoms with Crippen LogP contribution in [0, 0.1) is 12.3 Å². The van der Waals surface area contributed by atoms with Crippen LogP contribution in [0.5, 0.6) is 0 Å². The van der Waals surface area contributed by atoms with Crippen molar-refractivity contribution < 1.29 is 9.42 Å². The summed E-state index contributed by atoms with van der Waals surface area (Å²) in [6.07, 6.45) is 5.14. The van der Waals surface area contributed by atoms with E-state index in [4.69, 9.17) is 4.63 Å². The first-order chi connectivity index (χ1) is 12.0. The molecule has 0 atom stereocenters. The maximum absolute atomic E-state index is 12.3. The molecule has 3 rings (SSSR count). The number of likely N-dealkylation sites (tertiary alicyclic amines) is 2. The smallest absolute Gasteiger partial charge is 0.222 e. The molecule has 1 spiro atoms. The number of aromatic nitrogens is 2. The van der Waals surface area contributed by atoms with Crippen LogP contribution in [0.25, 0.3) is 0 Å². The molecule has 7 nitrogen and oxygen atoms in total. The molecule has 0 radical (unpaired) electrons. The Bertz CT molecular complexity index is 578. The van der Waals surface area contributed by atoms with E-state index < -0.39 is 0 Å². The minimum atomic E-state index is 0.319. The van der Waals surface area contributed by atoms with Crippen LogP contribution in [-0.4, -0.2) is 77.7 Å². The molecule has 2 fully saturated rings. The van der Waals surface area contributed by atoms with Gasteiger partial charge >= 0.3 is 0 Å². The fraction of sp³-hybridized carbons (Fsp3) is 0.833. The van der Waals surface area contributed by atoms with Gasteiger partial charge in [0.2, 0.25) is 5.91 Å². The Morgan fingerprint density at radius 2 is 1.96 bits per heavy atom. The molecule has 2 saturated heterocycles. The van der Waals surface area contributed by atoms with Crippen molar-refractivity contribution in [2.75, 3.05) is 46.8 Å². The van der Waals surface area contributed by atoms with Crippen LogP contribution in [0.3, 0.4) is 0 Å². The van der Waals surface area contributed by atoms with Crippen LogP contribution >= 0.6 is 0 Å². The Hall–Kier alpha value is -1.47. The second-order valence-electron chi connectivity index (χ2n) is 8.04. The summed E-state index contributed by atoms with van der Waals surface area (Å²) in [6.45, 7) is 7.75. The molecule has 0 bridgehead atoms. The van der Waals surface area contributed by atoms with Crippen molar-refractivity contribution in [1.29, 1.82) is 0 Å². The van der Waals surface area contributed by atoms with Crippen molar-refractivity contribution in [2.24, 2.45) is 5.41 Å². The third kappa shape index (κ3) is 4.58. The minimum absolute atomic E-state index is 0.319. The van der Waals surface area contributed by atoms with E-state index in [2.05, 4.69) is 39.1 Å². The highest BCUT2D eigenvalue weighted by Crippen LogP contribution is 2.40. The van der Waals surface area contributed by atoms with Crippen molar-refractivity contribution in [3.8, 4) is 0 Å². The predicted octanol–water partition coefficient (Wildman–Crippen LogP) is 1.53. The molecule has 0 aromatic carbocycles. The second kappa shape index (κ2) is 7.83. The molecule has 1 aromatic rings. The fourth-order valence-corrected chi connectivity index (χ4v) is 4.08. The number of nitrogens with zero attached hydrogens (tertiary/aromatic N) is 5. The third-order valence-electron chi connectivity index (χ3n) is 5.82. The molecule has 2 aliphatic heterocycles. The molecular weight excluding hydrogens is 318 g/mol. The zero-order valence-corrected chi connectivity index (χ0v) is 15.8. The first-order valence-corrected chi connectivity index (χ1v) is 9.40. The van der Waals surface area contributed by atoms with Crippen molar-refractivity contribution in [1.82, 2.24) is 25.0 Å². The highest BCUT2D eigenvalue weighted by atomic mass is 16.6. The van der Waals surface area contributed by atoms with Crippen molar-refractivity contribution >= 4 is 5.91 Å². The van der Waals surface area contributed by atoms with Gasteiger partial charge in [-0.1, -0.05) is 10.3 Å². The lowest BCUT2D eigenvalue weighted by Crippen LogP contribution is -2.51. The van der Waals surface area contributed by atoms with Crippen LogP contribution in [0.4, 0.5) is 0 Å². The van der Waals surface area contributed by atoms with E-state index in [-0.39, 0.29) is 0 Å². The normalized spacial score (nSPS) is 21.4. The Kier molecular flexibility index (Phi) is 5.74. The van der Waals surface area contributed by atoms with E-state index in [0.29, 0.717) is 17.7 Å². The monoisotopic (exact) mass is 349 g/mol. The van der Waals surface area contributed by atoms with Gasteiger partial charge in [-0.05, 0) is 71.8 Å². The number of carbonyl (C=O) groups is 1. The molecule has 0 saturated carbocycles. The average molecular weight is 349 g/mol. The molecule has 2 aliphatic rings. The van der Waals surface area contributed by atoms with E-state index in [9.17, 15) is 4.79 Å². The number of hydrogen-bond donors (Lipinski definition) is 0. The summed E-state index contributed by atoms with van der Waals surface area (Å²) < 4.78 is 4.80. The van der Waals surface area contributed by atoms with Crippen molar-refractivity contribution in [3.05, 3.63) is 11.4 Å². The zero-order chi connectivity index (χ0) is 17.9. The average Bonchev–Trinajstić information content (AvgIpc) is 2.98. The van der Waals surface area contributed by atoms with E-state index in [1.54, 1.807) is 0 Å². The summed E-state index contributed by atoms with van der Waals surface area (Å²) >= 11 is 0. The molecule has 7 heteroatoms. The molecule has 140 valence electrons. The SMILES string of the molecule is Cc1nonc1CN1CCC2(CCC(=O)N(CCCN(C)C)C2)CC1. The summed E-state index contributed by atoms with van der Waals surface area (Å²) in [6, 6.07) is 0. The number of hydrogen-bond acceptors (Lipinski definition) is 6. The molecule has 25 heavy (non-hydrogen) atoms. The lowest BCUT2D eigenvalue weighted by atomic mass is 9.72. The Morgan fingerprint density at radius 1 is 1.20 bits per heavy atom. The first-order valence-electron chi connectivity index (χ1n) is 9.40. The maximum Gasteiger partial charge on any atom is 0.222 e. The zero-order valence-electron chi connectivity index (χ0n) is 15.8. The summed E-state index contributed by atoms with van der Waals surface area (Å²) in [5.74, 6) is 0.344. The third-order valence-corrected chi connectivity index (χ3v) is 5.82. The van der Waals surface area contributed by atoms with Gasteiger partial charge in [0.1, 0.15) is 11.4 Å². The van der Waals surface area contributed by atoms with Gasteiger partial charge in [-0.25, -0.2) is 4.63 Å². The number of piperidine rings is 2. The summed E-state index contributed by atoms with van der Waals surface area (Å²) in [7, 11) is 4.17. The second-order valence-corrected chi connectivity index (χ2v) is 8.04. The Morgan fingerprint density at radius 3 is 2.60 bits per heavy atom. The van der Waals surface area contributed by atoms with Crippen molar-refractivity contribution in [3.63, 3.8) is 0 Å². The predicted molar refractivity (Wildman–Crippen MR) is 95.0 cm³/mol. The van der Waals surface area contributed by atoms with E-state index in [1.807, 2.05) is 6.92 Å². The quantitative estimate of drug-likeness (QED) is 0.776.